The first-order chi connectivity index (χ1) is 9.08. The van der Waals surface area contributed by atoms with Gasteiger partial charge < -0.3 is 4.74 Å². The number of esters is 1. The first-order valence-electron chi connectivity index (χ1n) is 6.52. The molecule has 1 aromatic carbocycles. The summed E-state index contributed by atoms with van der Waals surface area (Å²) in [5, 5.41) is -0.173. The second-order valence-electron chi connectivity index (χ2n) is 4.23. The standard InChI is InChI=1S/C15H20O3S/c1-4-6-14(15(17)18-5-2)19-13-9-7-12(8-10-13)11(3)16/h7-10,14H,4-6H2,1-3H3. The van der Waals surface area contributed by atoms with Crippen molar-refractivity contribution < 1.29 is 14.3 Å². The number of hydrogen-bond acceptors (Lipinski definition) is 4. The van der Waals surface area contributed by atoms with Crippen molar-refractivity contribution in [1.29, 1.82) is 0 Å². The fourth-order valence-electron chi connectivity index (χ4n) is 1.65. The molecule has 0 spiro atoms. The Morgan fingerprint density at radius 1 is 1.21 bits per heavy atom. The van der Waals surface area contributed by atoms with E-state index in [0.717, 1.165) is 17.7 Å². The van der Waals surface area contributed by atoms with Gasteiger partial charge in [0, 0.05) is 10.5 Å². The molecule has 0 fully saturated rings. The molecule has 0 N–H and O–H groups in total. The molecule has 0 heterocycles. The second-order valence-corrected chi connectivity index (χ2v) is 5.50. The highest BCUT2D eigenvalue weighted by Gasteiger charge is 2.20. The third-order valence-electron chi connectivity index (χ3n) is 2.64. The van der Waals surface area contributed by atoms with Gasteiger partial charge in [0.25, 0.3) is 0 Å². The van der Waals surface area contributed by atoms with Gasteiger partial charge in [-0.15, -0.1) is 11.8 Å². The topological polar surface area (TPSA) is 43.4 Å². The lowest BCUT2D eigenvalue weighted by molar-refractivity contribution is -0.142. The van der Waals surface area contributed by atoms with Gasteiger partial charge >= 0.3 is 5.97 Å². The summed E-state index contributed by atoms with van der Waals surface area (Å²) in [4.78, 5) is 24.0. The van der Waals surface area contributed by atoms with Crippen LogP contribution >= 0.6 is 11.8 Å². The van der Waals surface area contributed by atoms with E-state index in [1.165, 1.54) is 11.8 Å². The smallest absolute Gasteiger partial charge is 0.319 e. The molecule has 0 aliphatic carbocycles. The summed E-state index contributed by atoms with van der Waals surface area (Å²) in [5.74, 6) is -0.114. The molecule has 0 aliphatic rings. The average molecular weight is 280 g/mol. The lowest BCUT2D eigenvalue weighted by Crippen LogP contribution is -2.20. The summed E-state index contributed by atoms with van der Waals surface area (Å²) in [5.41, 5.74) is 0.688. The van der Waals surface area contributed by atoms with E-state index in [2.05, 4.69) is 0 Å². The number of ether oxygens (including phenoxy) is 1. The minimum Gasteiger partial charge on any atom is -0.465 e. The van der Waals surface area contributed by atoms with Gasteiger partial charge in [0.15, 0.2) is 5.78 Å². The van der Waals surface area contributed by atoms with Crippen LogP contribution in [0.25, 0.3) is 0 Å². The van der Waals surface area contributed by atoms with Gasteiger partial charge in [0.2, 0.25) is 0 Å². The molecule has 0 saturated carbocycles. The van der Waals surface area contributed by atoms with Crippen LogP contribution in [0.2, 0.25) is 0 Å². The highest BCUT2D eigenvalue weighted by molar-refractivity contribution is 8.00. The van der Waals surface area contributed by atoms with Crippen molar-refractivity contribution in [3.8, 4) is 0 Å². The van der Waals surface area contributed by atoms with Gasteiger partial charge in [-0.1, -0.05) is 25.5 Å². The molecule has 1 atom stereocenters. The molecule has 1 rings (SSSR count). The Balaban J connectivity index is 2.73. The molecule has 0 aromatic heterocycles. The van der Waals surface area contributed by atoms with E-state index >= 15 is 0 Å². The van der Waals surface area contributed by atoms with Crippen molar-refractivity contribution in [1.82, 2.24) is 0 Å². The van der Waals surface area contributed by atoms with Crippen LogP contribution in [0.1, 0.15) is 44.0 Å². The molecule has 3 nitrogen and oxygen atoms in total. The monoisotopic (exact) mass is 280 g/mol. The van der Waals surface area contributed by atoms with Gasteiger partial charge in [0.05, 0.1) is 6.61 Å². The molecule has 104 valence electrons. The van der Waals surface area contributed by atoms with Crippen molar-refractivity contribution >= 4 is 23.5 Å². The van der Waals surface area contributed by atoms with Crippen molar-refractivity contribution in [2.45, 2.75) is 43.8 Å². The van der Waals surface area contributed by atoms with Crippen LogP contribution in [0, 0.1) is 0 Å². The Morgan fingerprint density at radius 3 is 2.32 bits per heavy atom. The van der Waals surface area contributed by atoms with Crippen LogP contribution in [0.5, 0.6) is 0 Å². The molecule has 1 unspecified atom stereocenters. The van der Waals surface area contributed by atoms with E-state index in [1.54, 1.807) is 19.1 Å². The summed E-state index contributed by atoms with van der Waals surface area (Å²) in [6.45, 7) is 5.81. The van der Waals surface area contributed by atoms with E-state index in [-0.39, 0.29) is 17.0 Å². The zero-order valence-electron chi connectivity index (χ0n) is 11.6. The van der Waals surface area contributed by atoms with E-state index in [9.17, 15) is 9.59 Å². The SMILES string of the molecule is CCCC(Sc1ccc(C(C)=O)cc1)C(=O)OCC. The largest absolute Gasteiger partial charge is 0.465 e. The number of Topliss-reactive ketones (excluding diaryl/α,β-unsaturated/α-hetero) is 1. The Hall–Kier alpha value is -1.29. The Morgan fingerprint density at radius 2 is 1.84 bits per heavy atom. The molecule has 0 aliphatic heterocycles. The van der Waals surface area contributed by atoms with Crippen molar-refractivity contribution in [2.75, 3.05) is 6.61 Å². The summed E-state index contributed by atoms with van der Waals surface area (Å²) in [7, 11) is 0. The summed E-state index contributed by atoms with van der Waals surface area (Å²) in [6.07, 6.45) is 1.72. The number of ketones is 1. The maximum Gasteiger partial charge on any atom is 0.319 e. The van der Waals surface area contributed by atoms with Crippen molar-refractivity contribution in [3.63, 3.8) is 0 Å². The van der Waals surface area contributed by atoms with Crippen molar-refractivity contribution in [2.24, 2.45) is 0 Å². The molecular weight excluding hydrogens is 260 g/mol. The molecule has 1 aromatic rings. The van der Waals surface area contributed by atoms with Gasteiger partial charge in [-0.3, -0.25) is 9.59 Å². The molecule has 0 radical (unpaired) electrons. The van der Waals surface area contributed by atoms with Crippen LogP contribution in [0.15, 0.2) is 29.2 Å². The van der Waals surface area contributed by atoms with E-state index in [0.29, 0.717) is 12.2 Å². The molecule has 0 bridgehead atoms. The van der Waals surface area contributed by atoms with E-state index < -0.39 is 0 Å². The zero-order valence-corrected chi connectivity index (χ0v) is 12.5. The maximum absolute atomic E-state index is 11.8. The number of rotatable bonds is 7. The maximum atomic E-state index is 11.8. The first-order valence-corrected chi connectivity index (χ1v) is 7.40. The third kappa shape index (κ3) is 5.07. The molecule has 4 heteroatoms. The molecule has 19 heavy (non-hydrogen) atoms. The summed E-state index contributed by atoms with van der Waals surface area (Å²) < 4.78 is 5.08. The molecular formula is C15H20O3S. The van der Waals surface area contributed by atoms with Gasteiger partial charge in [-0.05, 0) is 32.4 Å². The molecule has 0 saturated heterocycles. The minimum absolute atomic E-state index is 0.0482. The highest BCUT2D eigenvalue weighted by atomic mass is 32.2. The van der Waals surface area contributed by atoms with Gasteiger partial charge in [-0.25, -0.2) is 0 Å². The van der Waals surface area contributed by atoms with Crippen LogP contribution in [-0.4, -0.2) is 23.6 Å². The van der Waals surface area contributed by atoms with Crippen LogP contribution in [0.4, 0.5) is 0 Å². The normalized spacial score (nSPS) is 11.9. The highest BCUT2D eigenvalue weighted by Crippen LogP contribution is 2.27. The van der Waals surface area contributed by atoms with E-state index in [4.69, 9.17) is 4.74 Å². The third-order valence-corrected chi connectivity index (χ3v) is 3.90. The minimum atomic E-state index is -0.173. The predicted octanol–water partition coefficient (Wildman–Crippen LogP) is 3.71. The molecule has 0 amide bonds. The lowest BCUT2D eigenvalue weighted by atomic mass is 10.2. The Kier molecular flexibility index (Phi) is 6.64. The van der Waals surface area contributed by atoms with Crippen LogP contribution < -0.4 is 0 Å². The average Bonchev–Trinajstić information content (AvgIpc) is 2.39. The van der Waals surface area contributed by atoms with E-state index in [1.807, 2.05) is 26.0 Å². The predicted molar refractivity (Wildman–Crippen MR) is 77.6 cm³/mol. The van der Waals surface area contributed by atoms with Gasteiger partial charge in [0.1, 0.15) is 5.25 Å². The summed E-state index contributed by atoms with van der Waals surface area (Å²) in [6, 6.07) is 7.34. The Bertz CT molecular complexity index is 426. The number of hydrogen-bond donors (Lipinski definition) is 0. The quantitative estimate of drug-likeness (QED) is 0.434. The first kappa shape index (κ1) is 15.8. The van der Waals surface area contributed by atoms with Crippen LogP contribution in [0.3, 0.4) is 0 Å². The van der Waals surface area contributed by atoms with Crippen LogP contribution in [-0.2, 0) is 9.53 Å². The fourth-order valence-corrected chi connectivity index (χ4v) is 2.79. The number of thioether (sulfide) groups is 1. The number of carbonyl (C=O) groups is 2. The zero-order chi connectivity index (χ0) is 14.3. The number of carbonyl (C=O) groups excluding carboxylic acids is 2. The number of benzene rings is 1. The van der Waals surface area contributed by atoms with Gasteiger partial charge in [-0.2, -0.15) is 0 Å². The lowest BCUT2D eigenvalue weighted by Gasteiger charge is -2.14. The fraction of sp³-hybridized carbons (Fsp3) is 0.467. The summed E-state index contributed by atoms with van der Waals surface area (Å²) >= 11 is 1.50. The van der Waals surface area contributed by atoms with Crippen molar-refractivity contribution in [3.05, 3.63) is 29.8 Å². The second kappa shape index (κ2) is 8.00. The Labute approximate surface area is 118 Å².